The summed E-state index contributed by atoms with van der Waals surface area (Å²) in [5, 5.41) is 11.1. The van der Waals surface area contributed by atoms with Gasteiger partial charge < -0.3 is 10.2 Å². The van der Waals surface area contributed by atoms with E-state index < -0.39 is 0 Å². The molecule has 1 aliphatic heterocycles. The molecule has 2 heterocycles. The Morgan fingerprint density at radius 3 is 2.36 bits per heavy atom. The summed E-state index contributed by atoms with van der Waals surface area (Å²) in [6.45, 7) is 2.05. The minimum Gasteiger partial charge on any atom is -0.355 e. The average Bonchev–Trinajstić information content (AvgIpc) is 2.57. The number of amides is 1. The minimum absolute atomic E-state index is 0.187. The first-order valence-corrected chi connectivity index (χ1v) is 8.17. The molecule has 1 N–H and O–H groups in total. The van der Waals surface area contributed by atoms with Gasteiger partial charge in [0.05, 0.1) is 0 Å². The molecule has 2 aromatic rings. The lowest BCUT2D eigenvalue weighted by molar-refractivity contribution is 0.102. The van der Waals surface area contributed by atoms with Gasteiger partial charge in [-0.1, -0.05) is 15.9 Å². The summed E-state index contributed by atoms with van der Waals surface area (Å²) < 4.78 is 0.940. The van der Waals surface area contributed by atoms with Crippen LogP contribution in [-0.4, -0.2) is 29.2 Å². The third-order valence-electron chi connectivity index (χ3n) is 3.68. The second-order valence-electron chi connectivity index (χ2n) is 5.29. The molecule has 1 aromatic heterocycles. The fraction of sp³-hybridized carbons (Fsp3) is 0.312. The lowest BCUT2D eigenvalue weighted by Gasteiger charge is -2.27. The van der Waals surface area contributed by atoms with Crippen LogP contribution in [-0.2, 0) is 0 Å². The fourth-order valence-electron chi connectivity index (χ4n) is 2.47. The smallest absolute Gasteiger partial charge is 0.256 e. The van der Waals surface area contributed by atoms with Crippen molar-refractivity contribution in [1.29, 1.82) is 0 Å². The van der Waals surface area contributed by atoms with Gasteiger partial charge in [-0.15, -0.1) is 10.2 Å². The number of halogens is 1. The van der Waals surface area contributed by atoms with Crippen molar-refractivity contribution in [1.82, 2.24) is 10.2 Å². The van der Waals surface area contributed by atoms with Crippen LogP contribution < -0.4 is 10.2 Å². The fourth-order valence-corrected chi connectivity index (χ4v) is 2.74. The highest BCUT2D eigenvalue weighted by molar-refractivity contribution is 9.10. The van der Waals surface area contributed by atoms with Gasteiger partial charge in [0.2, 0.25) is 0 Å². The van der Waals surface area contributed by atoms with Crippen LogP contribution in [0.1, 0.15) is 29.6 Å². The molecule has 1 amide bonds. The van der Waals surface area contributed by atoms with Crippen molar-refractivity contribution in [2.75, 3.05) is 23.3 Å². The van der Waals surface area contributed by atoms with Gasteiger partial charge in [-0.2, -0.15) is 0 Å². The molecule has 0 bridgehead atoms. The number of aromatic nitrogens is 2. The van der Waals surface area contributed by atoms with Gasteiger partial charge in [-0.05, 0) is 55.7 Å². The number of nitrogens with zero attached hydrogens (tertiary/aromatic N) is 3. The van der Waals surface area contributed by atoms with Crippen molar-refractivity contribution in [2.24, 2.45) is 0 Å². The van der Waals surface area contributed by atoms with Crippen LogP contribution in [0, 0.1) is 0 Å². The van der Waals surface area contributed by atoms with E-state index in [4.69, 9.17) is 0 Å². The Balaban J connectivity index is 1.65. The topological polar surface area (TPSA) is 58.1 Å². The van der Waals surface area contributed by atoms with Gasteiger partial charge in [0.1, 0.15) is 0 Å². The van der Waals surface area contributed by atoms with Gasteiger partial charge in [0.25, 0.3) is 5.91 Å². The van der Waals surface area contributed by atoms with Crippen molar-refractivity contribution in [2.45, 2.75) is 19.3 Å². The Bertz CT molecular complexity index is 636. The van der Waals surface area contributed by atoms with Crippen LogP contribution in [0.4, 0.5) is 11.6 Å². The van der Waals surface area contributed by atoms with Crippen LogP contribution in [0.2, 0.25) is 0 Å². The van der Waals surface area contributed by atoms with Gasteiger partial charge in [-0.25, -0.2) is 0 Å². The monoisotopic (exact) mass is 360 g/mol. The van der Waals surface area contributed by atoms with E-state index in [9.17, 15) is 4.79 Å². The number of hydrogen-bond donors (Lipinski definition) is 1. The van der Waals surface area contributed by atoms with Crippen LogP contribution in [0.3, 0.4) is 0 Å². The molecule has 0 unspecified atom stereocenters. The van der Waals surface area contributed by atoms with E-state index in [0.29, 0.717) is 11.4 Å². The largest absolute Gasteiger partial charge is 0.355 e. The van der Waals surface area contributed by atoms with Crippen molar-refractivity contribution >= 4 is 33.5 Å². The molecule has 3 rings (SSSR count). The van der Waals surface area contributed by atoms with E-state index in [1.165, 1.54) is 19.3 Å². The Morgan fingerprint density at radius 2 is 1.73 bits per heavy atom. The highest BCUT2D eigenvalue weighted by atomic mass is 79.9. The molecule has 114 valence electrons. The first-order chi connectivity index (χ1) is 10.7. The zero-order valence-corrected chi connectivity index (χ0v) is 13.7. The molecule has 0 radical (unpaired) electrons. The maximum Gasteiger partial charge on any atom is 0.256 e. The number of anilines is 2. The first-order valence-electron chi connectivity index (χ1n) is 7.38. The lowest BCUT2D eigenvalue weighted by atomic mass is 10.1. The van der Waals surface area contributed by atoms with E-state index in [0.717, 1.165) is 23.4 Å². The minimum atomic E-state index is -0.187. The predicted molar refractivity (Wildman–Crippen MR) is 90.2 cm³/mol. The predicted octanol–water partition coefficient (Wildman–Crippen LogP) is 3.48. The Morgan fingerprint density at radius 1 is 1.00 bits per heavy atom. The highest BCUT2D eigenvalue weighted by Gasteiger charge is 2.13. The number of benzene rings is 1. The third kappa shape index (κ3) is 3.62. The summed E-state index contributed by atoms with van der Waals surface area (Å²) in [5.41, 5.74) is 0.588. The summed E-state index contributed by atoms with van der Waals surface area (Å²) in [5.74, 6) is 1.16. The maximum atomic E-state index is 12.1. The van der Waals surface area contributed by atoms with E-state index in [1.807, 2.05) is 18.2 Å². The third-order valence-corrected chi connectivity index (χ3v) is 4.21. The molecule has 1 aliphatic rings. The number of hydrogen-bond acceptors (Lipinski definition) is 4. The number of rotatable bonds is 3. The molecule has 1 fully saturated rings. The molecule has 6 heteroatoms. The summed E-state index contributed by atoms with van der Waals surface area (Å²) in [4.78, 5) is 14.3. The Kier molecular flexibility index (Phi) is 4.68. The maximum absolute atomic E-state index is 12.1. The van der Waals surface area contributed by atoms with Crippen molar-refractivity contribution in [3.63, 3.8) is 0 Å². The van der Waals surface area contributed by atoms with E-state index in [1.54, 1.807) is 18.2 Å². The lowest BCUT2D eigenvalue weighted by Crippen LogP contribution is -2.30. The number of carbonyl (C=O) groups is 1. The number of carbonyl (C=O) groups excluding carboxylic acids is 1. The molecular weight excluding hydrogens is 344 g/mol. The second-order valence-corrected chi connectivity index (χ2v) is 6.20. The van der Waals surface area contributed by atoms with Crippen molar-refractivity contribution in [3.8, 4) is 0 Å². The van der Waals surface area contributed by atoms with Crippen LogP contribution in [0.25, 0.3) is 0 Å². The molecule has 1 saturated heterocycles. The first kappa shape index (κ1) is 15.0. The second kappa shape index (κ2) is 6.87. The summed E-state index contributed by atoms with van der Waals surface area (Å²) >= 11 is 3.35. The standard InChI is InChI=1S/C16H17BrN4O/c17-13-6-4-12(5-7-13)16(22)18-14-8-9-15(20-19-14)21-10-2-1-3-11-21/h4-9H,1-3,10-11H2,(H,18,19,22). The van der Waals surface area contributed by atoms with Crippen LogP contribution in [0.15, 0.2) is 40.9 Å². The molecular formula is C16H17BrN4O. The summed E-state index contributed by atoms with van der Waals surface area (Å²) in [6.07, 6.45) is 3.68. The average molecular weight is 361 g/mol. The van der Waals surface area contributed by atoms with E-state index >= 15 is 0 Å². The molecule has 0 saturated carbocycles. The SMILES string of the molecule is O=C(Nc1ccc(N2CCCCC2)nn1)c1ccc(Br)cc1. The van der Waals surface area contributed by atoms with E-state index in [-0.39, 0.29) is 5.91 Å². The van der Waals surface area contributed by atoms with Gasteiger partial charge in [-0.3, -0.25) is 4.79 Å². The Hall–Kier alpha value is -1.95. The zero-order chi connectivity index (χ0) is 15.4. The molecule has 0 aliphatic carbocycles. The Labute approximate surface area is 137 Å². The zero-order valence-electron chi connectivity index (χ0n) is 12.1. The molecule has 0 spiro atoms. The quantitative estimate of drug-likeness (QED) is 0.910. The van der Waals surface area contributed by atoms with Gasteiger partial charge >= 0.3 is 0 Å². The van der Waals surface area contributed by atoms with Gasteiger partial charge in [0.15, 0.2) is 11.6 Å². The van der Waals surface area contributed by atoms with Crippen molar-refractivity contribution in [3.05, 3.63) is 46.4 Å². The molecule has 5 nitrogen and oxygen atoms in total. The molecule has 1 aromatic carbocycles. The van der Waals surface area contributed by atoms with E-state index in [2.05, 4.69) is 36.3 Å². The summed E-state index contributed by atoms with van der Waals surface area (Å²) in [6, 6.07) is 10.9. The summed E-state index contributed by atoms with van der Waals surface area (Å²) in [7, 11) is 0. The van der Waals surface area contributed by atoms with Crippen molar-refractivity contribution < 1.29 is 4.79 Å². The normalized spacial score (nSPS) is 14.7. The van der Waals surface area contributed by atoms with Crippen LogP contribution in [0.5, 0.6) is 0 Å². The molecule has 0 atom stereocenters. The number of nitrogens with one attached hydrogen (secondary N) is 1. The highest BCUT2D eigenvalue weighted by Crippen LogP contribution is 2.18. The van der Waals surface area contributed by atoms with Crippen LogP contribution >= 0.6 is 15.9 Å². The van der Waals surface area contributed by atoms with Gasteiger partial charge in [0, 0.05) is 23.1 Å². The molecule has 22 heavy (non-hydrogen) atoms. The number of piperidine rings is 1.